The minimum Gasteiger partial charge on any atom is -0.492 e. The molecule has 0 saturated heterocycles. The van der Waals surface area contributed by atoms with Gasteiger partial charge in [-0.05, 0) is 42.3 Å². The maximum absolute atomic E-state index is 12.6. The number of carbonyl (C=O) groups is 2. The van der Waals surface area contributed by atoms with E-state index in [1.54, 1.807) is 29.6 Å². The number of benzene rings is 2. The largest absolute Gasteiger partial charge is 0.492 e. The second-order valence-corrected chi connectivity index (χ2v) is 6.73. The van der Waals surface area contributed by atoms with Gasteiger partial charge in [0.2, 0.25) is 5.91 Å². The number of amides is 2. The smallest absolute Gasteiger partial charge is 0.405 e. The van der Waals surface area contributed by atoms with Crippen LogP contribution < -0.4 is 15.4 Å². The van der Waals surface area contributed by atoms with Gasteiger partial charge in [0.15, 0.2) is 0 Å². The fraction of sp³-hybridized carbons (Fsp3) is 0.263. The van der Waals surface area contributed by atoms with E-state index >= 15 is 0 Å². The van der Waals surface area contributed by atoms with E-state index < -0.39 is 30.5 Å². The Balaban J connectivity index is 1.70. The summed E-state index contributed by atoms with van der Waals surface area (Å²) >= 11 is 5.97. The number of nitrogens with one attached hydrogen (secondary N) is 2. The van der Waals surface area contributed by atoms with Crippen molar-refractivity contribution < 1.29 is 27.5 Å². The molecule has 0 bridgehead atoms. The highest BCUT2D eigenvalue weighted by molar-refractivity contribution is 6.30. The van der Waals surface area contributed by atoms with Crippen LogP contribution in [0, 0.1) is 5.92 Å². The molecule has 1 aliphatic rings. The van der Waals surface area contributed by atoms with Gasteiger partial charge in [-0.25, -0.2) is 0 Å². The van der Waals surface area contributed by atoms with E-state index in [2.05, 4.69) is 5.32 Å². The molecule has 1 atom stereocenters. The molecule has 148 valence electrons. The van der Waals surface area contributed by atoms with E-state index in [1.165, 1.54) is 18.2 Å². The molecule has 3 rings (SSSR count). The van der Waals surface area contributed by atoms with Gasteiger partial charge in [0.1, 0.15) is 18.9 Å². The maximum atomic E-state index is 12.6. The molecule has 9 heteroatoms. The number of ether oxygens (including phenoxy) is 1. The van der Waals surface area contributed by atoms with Crippen molar-refractivity contribution in [1.29, 1.82) is 0 Å². The molecule has 2 aromatic rings. The highest BCUT2D eigenvalue weighted by Crippen LogP contribution is 2.30. The van der Waals surface area contributed by atoms with Crippen LogP contribution in [-0.2, 0) is 11.2 Å². The third kappa shape index (κ3) is 4.95. The predicted octanol–water partition coefficient (Wildman–Crippen LogP) is 3.82. The molecule has 1 unspecified atom stereocenters. The zero-order chi connectivity index (χ0) is 20.3. The Morgan fingerprint density at radius 2 is 1.93 bits per heavy atom. The summed E-state index contributed by atoms with van der Waals surface area (Å²) < 4.78 is 42.6. The summed E-state index contributed by atoms with van der Waals surface area (Å²) in [4.78, 5) is 24.7. The number of carbonyl (C=O) groups excluding carboxylic acids is 2. The van der Waals surface area contributed by atoms with Crippen LogP contribution in [-0.4, -0.2) is 31.1 Å². The Hall–Kier alpha value is -2.74. The molecule has 0 aromatic heterocycles. The van der Waals surface area contributed by atoms with Crippen molar-refractivity contribution in [1.82, 2.24) is 5.32 Å². The Morgan fingerprint density at radius 1 is 1.18 bits per heavy atom. The van der Waals surface area contributed by atoms with Crippen LogP contribution in [0.5, 0.6) is 5.75 Å². The Bertz CT molecular complexity index is 902. The van der Waals surface area contributed by atoms with Crippen LogP contribution in [0.4, 0.5) is 18.9 Å². The number of anilines is 1. The zero-order valence-electron chi connectivity index (χ0n) is 14.5. The lowest BCUT2D eigenvalue weighted by Crippen LogP contribution is -2.35. The van der Waals surface area contributed by atoms with Crippen LogP contribution in [0.3, 0.4) is 0 Å². The van der Waals surface area contributed by atoms with Crippen LogP contribution in [0.2, 0.25) is 5.02 Å². The second-order valence-electron chi connectivity index (χ2n) is 6.30. The Labute approximate surface area is 163 Å². The van der Waals surface area contributed by atoms with E-state index in [1.807, 2.05) is 0 Å². The average molecular weight is 413 g/mol. The van der Waals surface area contributed by atoms with Crippen molar-refractivity contribution in [2.75, 3.05) is 18.5 Å². The van der Waals surface area contributed by atoms with Gasteiger partial charge in [0.05, 0.1) is 17.2 Å². The Kier molecular flexibility index (Phi) is 5.79. The fourth-order valence-corrected chi connectivity index (χ4v) is 3.03. The molecule has 2 amide bonds. The molecule has 1 heterocycles. The van der Waals surface area contributed by atoms with Crippen molar-refractivity contribution in [3.05, 3.63) is 58.6 Å². The van der Waals surface area contributed by atoms with E-state index in [4.69, 9.17) is 16.3 Å². The molecule has 0 saturated carbocycles. The van der Waals surface area contributed by atoms with Crippen LogP contribution in [0.25, 0.3) is 0 Å². The average Bonchev–Trinajstić information content (AvgIpc) is 2.65. The minimum absolute atomic E-state index is 0.0553. The molecule has 0 aliphatic carbocycles. The highest BCUT2D eigenvalue weighted by atomic mass is 35.5. The van der Waals surface area contributed by atoms with E-state index in [9.17, 15) is 22.8 Å². The number of rotatable bonds is 4. The van der Waals surface area contributed by atoms with Gasteiger partial charge in [-0.1, -0.05) is 23.7 Å². The first-order chi connectivity index (χ1) is 13.2. The summed E-state index contributed by atoms with van der Waals surface area (Å²) in [6, 6.07) is 11.0. The molecule has 5 nitrogen and oxygen atoms in total. The number of halogens is 4. The summed E-state index contributed by atoms with van der Waals surface area (Å²) in [5, 5.41) is 4.93. The lowest BCUT2D eigenvalue weighted by atomic mass is 9.96. The van der Waals surface area contributed by atoms with E-state index in [-0.39, 0.29) is 17.9 Å². The van der Waals surface area contributed by atoms with Gasteiger partial charge in [-0.3, -0.25) is 9.59 Å². The molecule has 1 aliphatic heterocycles. The molecule has 28 heavy (non-hydrogen) atoms. The third-order valence-electron chi connectivity index (χ3n) is 4.18. The molecular formula is C19H16ClF3N2O3. The lowest BCUT2D eigenvalue weighted by Gasteiger charge is -2.25. The first kappa shape index (κ1) is 20.0. The topological polar surface area (TPSA) is 67.4 Å². The van der Waals surface area contributed by atoms with Gasteiger partial charge in [-0.15, -0.1) is 0 Å². The zero-order valence-corrected chi connectivity index (χ0v) is 15.2. The van der Waals surface area contributed by atoms with Crippen molar-refractivity contribution in [2.24, 2.45) is 5.92 Å². The summed E-state index contributed by atoms with van der Waals surface area (Å²) in [7, 11) is 0. The van der Waals surface area contributed by atoms with Gasteiger partial charge in [0.25, 0.3) is 5.91 Å². The molecular weight excluding hydrogens is 397 g/mol. The van der Waals surface area contributed by atoms with Crippen LogP contribution >= 0.6 is 11.6 Å². The SMILES string of the molecule is O=C(NCC(F)(F)F)c1ccccc1NC(=O)C1COc2ccc(Cl)cc2C1. The Morgan fingerprint density at radius 3 is 2.68 bits per heavy atom. The third-order valence-corrected chi connectivity index (χ3v) is 4.41. The monoisotopic (exact) mass is 412 g/mol. The summed E-state index contributed by atoms with van der Waals surface area (Å²) in [6.45, 7) is -1.31. The highest BCUT2D eigenvalue weighted by Gasteiger charge is 2.29. The molecule has 2 N–H and O–H groups in total. The standard InChI is InChI=1S/C19H16ClF3N2O3/c20-13-5-6-16-11(8-13)7-12(9-28-16)17(26)25-15-4-2-1-3-14(15)18(27)24-10-19(21,22)23/h1-6,8,12H,7,9-10H2,(H,24,27)(H,25,26). The lowest BCUT2D eigenvalue weighted by molar-refractivity contribution is -0.123. The van der Waals surface area contributed by atoms with Crippen molar-refractivity contribution >= 4 is 29.1 Å². The van der Waals surface area contributed by atoms with Crippen molar-refractivity contribution in [2.45, 2.75) is 12.6 Å². The number of fused-ring (bicyclic) bond motifs is 1. The number of alkyl halides is 3. The second kappa shape index (κ2) is 8.10. The maximum Gasteiger partial charge on any atom is 0.405 e. The van der Waals surface area contributed by atoms with E-state index in [0.717, 1.165) is 5.56 Å². The quantitative estimate of drug-likeness (QED) is 0.802. The summed E-state index contributed by atoms with van der Waals surface area (Å²) in [5.41, 5.74) is 0.861. The summed E-state index contributed by atoms with van der Waals surface area (Å²) in [6.07, 6.45) is -4.13. The number of hydrogen-bond donors (Lipinski definition) is 2. The molecule has 2 aromatic carbocycles. The minimum atomic E-state index is -4.53. The molecule has 0 radical (unpaired) electrons. The van der Waals surface area contributed by atoms with Crippen LogP contribution in [0.1, 0.15) is 15.9 Å². The number of para-hydroxylation sites is 1. The van der Waals surface area contributed by atoms with Crippen molar-refractivity contribution in [3.8, 4) is 5.75 Å². The normalized spacial score (nSPS) is 15.9. The van der Waals surface area contributed by atoms with Crippen molar-refractivity contribution in [3.63, 3.8) is 0 Å². The predicted molar refractivity (Wildman–Crippen MR) is 97.6 cm³/mol. The molecule has 0 fully saturated rings. The van der Waals surface area contributed by atoms with Crippen LogP contribution in [0.15, 0.2) is 42.5 Å². The van der Waals surface area contributed by atoms with Gasteiger partial charge in [0, 0.05) is 5.02 Å². The fourth-order valence-electron chi connectivity index (χ4n) is 2.83. The van der Waals surface area contributed by atoms with Gasteiger partial charge >= 0.3 is 6.18 Å². The number of hydrogen-bond acceptors (Lipinski definition) is 3. The first-order valence-corrected chi connectivity index (χ1v) is 8.77. The van der Waals surface area contributed by atoms with Gasteiger partial charge < -0.3 is 15.4 Å². The van der Waals surface area contributed by atoms with E-state index in [0.29, 0.717) is 17.2 Å². The first-order valence-electron chi connectivity index (χ1n) is 8.39. The molecule has 0 spiro atoms. The van der Waals surface area contributed by atoms with Gasteiger partial charge in [-0.2, -0.15) is 13.2 Å². The summed E-state index contributed by atoms with van der Waals surface area (Å²) in [5.74, 6) is -1.20.